The summed E-state index contributed by atoms with van der Waals surface area (Å²) in [6.07, 6.45) is -0.814. The van der Waals surface area contributed by atoms with Crippen LogP contribution in [0.15, 0.2) is 36.4 Å². The molecule has 0 amide bonds. The molecule has 1 aromatic carbocycles. The number of hydrogen-bond donors (Lipinski definition) is 0. The summed E-state index contributed by atoms with van der Waals surface area (Å²) in [7, 11) is 0. The number of Topliss-reactive ketones (excluding diaryl/α,β-unsaturated/α-hetero) is 1. The Labute approximate surface area is 116 Å². The minimum Gasteiger partial charge on any atom is -0.463 e. The fourth-order valence-electron chi connectivity index (χ4n) is 1.62. The van der Waals surface area contributed by atoms with Crippen LogP contribution in [0, 0.1) is 0 Å². The van der Waals surface area contributed by atoms with E-state index in [-0.39, 0.29) is 23.5 Å². The molecule has 0 aliphatic rings. The van der Waals surface area contributed by atoms with E-state index in [1.165, 1.54) is 31.2 Å². The number of rotatable bonds is 6. The van der Waals surface area contributed by atoms with Gasteiger partial charge in [-0.1, -0.05) is 30.8 Å². The first kappa shape index (κ1) is 16.0. The Morgan fingerprint density at radius 3 is 2.25 bits per heavy atom. The smallest absolute Gasteiger partial charge is 0.333 e. The Hall–Kier alpha value is -2.04. The normalized spacial score (nSPS) is 11.0. The molecule has 3 nitrogen and oxygen atoms in total. The first-order valence-electron chi connectivity index (χ1n) is 6.12. The molecule has 0 N–H and O–H groups in total. The van der Waals surface area contributed by atoms with E-state index in [1.54, 1.807) is 6.92 Å². The molecule has 0 fully saturated rings. The van der Waals surface area contributed by atoms with Crippen LogP contribution >= 0.6 is 0 Å². The van der Waals surface area contributed by atoms with Crippen LogP contribution in [0.4, 0.5) is 8.78 Å². The standard InChI is InChI=1S/C15H16F2O3/c1-4-20-14(19)10(2)9-15(16,17)13-7-5-12(6-8-13)11(3)18/h5-8H,2,4,9H2,1,3H3. The van der Waals surface area contributed by atoms with Crippen LogP contribution < -0.4 is 0 Å². The minimum absolute atomic E-state index is 0.108. The summed E-state index contributed by atoms with van der Waals surface area (Å²) >= 11 is 0. The summed E-state index contributed by atoms with van der Waals surface area (Å²) in [5, 5.41) is 0. The van der Waals surface area contributed by atoms with Gasteiger partial charge >= 0.3 is 5.97 Å². The monoisotopic (exact) mass is 282 g/mol. The largest absolute Gasteiger partial charge is 0.463 e. The molecule has 0 saturated carbocycles. The highest BCUT2D eigenvalue weighted by molar-refractivity contribution is 5.94. The van der Waals surface area contributed by atoms with Crippen LogP contribution in [-0.4, -0.2) is 18.4 Å². The maximum absolute atomic E-state index is 14.0. The van der Waals surface area contributed by atoms with Crippen molar-refractivity contribution in [3.63, 3.8) is 0 Å². The summed E-state index contributed by atoms with van der Waals surface area (Å²) in [4.78, 5) is 22.4. The number of carbonyl (C=O) groups excluding carboxylic acids is 2. The topological polar surface area (TPSA) is 43.4 Å². The van der Waals surface area contributed by atoms with Gasteiger partial charge in [0.1, 0.15) is 0 Å². The fraction of sp³-hybridized carbons (Fsp3) is 0.333. The third-order valence-electron chi connectivity index (χ3n) is 2.71. The summed E-state index contributed by atoms with van der Waals surface area (Å²) < 4.78 is 32.6. The summed E-state index contributed by atoms with van der Waals surface area (Å²) in [6.45, 7) is 6.37. The number of ketones is 1. The molecule has 0 saturated heterocycles. The zero-order valence-corrected chi connectivity index (χ0v) is 11.4. The van der Waals surface area contributed by atoms with Crippen LogP contribution in [0.1, 0.15) is 36.2 Å². The van der Waals surface area contributed by atoms with Crippen LogP contribution in [0.5, 0.6) is 0 Å². The molecule has 0 radical (unpaired) electrons. The van der Waals surface area contributed by atoms with Crippen LogP contribution in [0.25, 0.3) is 0 Å². The molecule has 1 rings (SSSR count). The fourth-order valence-corrected chi connectivity index (χ4v) is 1.62. The van der Waals surface area contributed by atoms with Crippen molar-refractivity contribution < 1.29 is 23.1 Å². The van der Waals surface area contributed by atoms with E-state index < -0.39 is 18.3 Å². The van der Waals surface area contributed by atoms with Crippen molar-refractivity contribution in [2.24, 2.45) is 0 Å². The molecular weight excluding hydrogens is 266 g/mol. The van der Waals surface area contributed by atoms with Gasteiger partial charge in [-0.15, -0.1) is 0 Å². The second-order valence-electron chi connectivity index (χ2n) is 4.34. The van der Waals surface area contributed by atoms with E-state index in [0.717, 1.165) is 0 Å². The summed E-state index contributed by atoms with van der Waals surface area (Å²) in [5.74, 6) is -4.26. The van der Waals surface area contributed by atoms with E-state index in [0.29, 0.717) is 5.56 Å². The SMILES string of the molecule is C=C(CC(F)(F)c1ccc(C(C)=O)cc1)C(=O)OCC. The second kappa shape index (κ2) is 6.41. The molecule has 0 bridgehead atoms. The van der Waals surface area contributed by atoms with Gasteiger partial charge in [0.15, 0.2) is 5.78 Å². The lowest BCUT2D eigenvalue weighted by Gasteiger charge is -2.17. The van der Waals surface area contributed by atoms with Crippen molar-refractivity contribution in [1.82, 2.24) is 0 Å². The Kier molecular flexibility index (Phi) is 5.13. The van der Waals surface area contributed by atoms with Gasteiger partial charge in [0.2, 0.25) is 0 Å². The van der Waals surface area contributed by atoms with Gasteiger partial charge in [-0.25, -0.2) is 13.6 Å². The van der Waals surface area contributed by atoms with Crippen LogP contribution in [0.2, 0.25) is 0 Å². The van der Waals surface area contributed by atoms with Crippen molar-refractivity contribution >= 4 is 11.8 Å². The molecule has 0 aliphatic heterocycles. The predicted molar refractivity (Wildman–Crippen MR) is 70.7 cm³/mol. The van der Waals surface area contributed by atoms with Gasteiger partial charge in [0.05, 0.1) is 6.61 Å². The van der Waals surface area contributed by atoms with Gasteiger partial charge in [0, 0.05) is 23.1 Å². The second-order valence-corrected chi connectivity index (χ2v) is 4.34. The van der Waals surface area contributed by atoms with Crippen molar-refractivity contribution in [3.8, 4) is 0 Å². The maximum atomic E-state index is 14.0. The first-order chi connectivity index (χ1) is 9.27. The highest BCUT2D eigenvalue weighted by Gasteiger charge is 2.34. The lowest BCUT2D eigenvalue weighted by molar-refractivity contribution is -0.139. The molecule has 108 valence electrons. The van der Waals surface area contributed by atoms with Crippen LogP contribution in [0.3, 0.4) is 0 Å². The molecular formula is C15H16F2O3. The molecule has 1 aromatic rings. The first-order valence-corrected chi connectivity index (χ1v) is 6.12. The minimum atomic E-state index is -3.24. The molecule has 20 heavy (non-hydrogen) atoms. The average Bonchev–Trinajstić information content (AvgIpc) is 2.38. The van der Waals surface area contributed by atoms with Gasteiger partial charge in [0.25, 0.3) is 5.92 Å². The van der Waals surface area contributed by atoms with Crippen LogP contribution in [-0.2, 0) is 15.5 Å². The number of alkyl halides is 2. The Morgan fingerprint density at radius 2 is 1.80 bits per heavy atom. The summed E-state index contributed by atoms with van der Waals surface area (Å²) in [5.41, 5.74) is -0.200. The highest BCUT2D eigenvalue weighted by Crippen LogP contribution is 2.34. The predicted octanol–water partition coefficient (Wildman–Crippen LogP) is 3.49. The third-order valence-corrected chi connectivity index (χ3v) is 2.71. The molecule has 0 aromatic heterocycles. The number of ether oxygens (including phenoxy) is 1. The van der Waals surface area contributed by atoms with E-state index in [1.807, 2.05) is 0 Å². The molecule has 0 heterocycles. The molecule has 0 aliphatic carbocycles. The summed E-state index contributed by atoms with van der Waals surface area (Å²) in [6, 6.07) is 5.02. The molecule has 5 heteroatoms. The van der Waals surface area contributed by atoms with Crippen molar-refractivity contribution in [3.05, 3.63) is 47.5 Å². The van der Waals surface area contributed by atoms with E-state index in [2.05, 4.69) is 11.3 Å². The number of halogens is 2. The maximum Gasteiger partial charge on any atom is 0.333 e. The van der Waals surface area contributed by atoms with Crippen molar-refractivity contribution in [1.29, 1.82) is 0 Å². The number of hydrogen-bond acceptors (Lipinski definition) is 3. The van der Waals surface area contributed by atoms with Crippen molar-refractivity contribution in [2.75, 3.05) is 6.61 Å². The highest BCUT2D eigenvalue weighted by atomic mass is 19.3. The third kappa shape index (κ3) is 3.98. The van der Waals surface area contributed by atoms with Gasteiger partial charge in [-0.3, -0.25) is 4.79 Å². The molecule has 0 atom stereocenters. The Balaban J connectivity index is 2.85. The number of carbonyl (C=O) groups is 2. The lowest BCUT2D eigenvalue weighted by atomic mass is 9.99. The van der Waals surface area contributed by atoms with E-state index >= 15 is 0 Å². The average molecular weight is 282 g/mol. The lowest BCUT2D eigenvalue weighted by Crippen LogP contribution is -2.18. The van der Waals surface area contributed by atoms with Gasteiger partial charge in [-0.05, 0) is 13.8 Å². The van der Waals surface area contributed by atoms with Gasteiger partial charge < -0.3 is 4.74 Å². The van der Waals surface area contributed by atoms with Gasteiger partial charge in [-0.2, -0.15) is 0 Å². The number of esters is 1. The Morgan fingerprint density at radius 1 is 1.25 bits per heavy atom. The van der Waals surface area contributed by atoms with Crippen molar-refractivity contribution in [2.45, 2.75) is 26.2 Å². The van der Waals surface area contributed by atoms with E-state index in [4.69, 9.17) is 0 Å². The molecule has 0 unspecified atom stereocenters. The molecule has 0 spiro atoms. The number of benzene rings is 1. The zero-order chi connectivity index (χ0) is 15.3. The zero-order valence-electron chi connectivity index (χ0n) is 11.4. The van der Waals surface area contributed by atoms with E-state index in [9.17, 15) is 18.4 Å². The quantitative estimate of drug-likeness (QED) is 0.455. The Bertz CT molecular complexity index is 518.